The fourth-order valence-corrected chi connectivity index (χ4v) is 3.19. The Morgan fingerprint density at radius 1 is 1.40 bits per heavy atom. The first kappa shape index (κ1) is 14.0. The molecule has 2 fully saturated rings. The van der Waals surface area contributed by atoms with Crippen molar-refractivity contribution in [1.82, 2.24) is 0 Å². The molecule has 0 aliphatic carbocycles. The molecule has 2 aliphatic heterocycles. The minimum atomic E-state index is -0.0770. The molecule has 2 unspecified atom stereocenters. The molecule has 2 saturated heterocycles. The predicted molar refractivity (Wildman–Crippen MR) is 78.8 cm³/mol. The van der Waals surface area contributed by atoms with E-state index in [0.29, 0.717) is 16.8 Å². The summed E-state index contributed by atoms with van der Waals surface area (Å²) in [6, 6.07) is 6.18. The molecule has 2 heterocycles. The van der Waals surface area contributed by atoms with Crippen LogP contribution in [0.15, 0.2) is 18.2 Å². The smallest absolute Gasteiger partial charge is 0.139 e. The largest absolute Gasteiger partial charge is 0.495 e. The van der Waals surface area contributed by atoms with E-state index < -0.39 is 0 Å². The summed E-state index contributed by atoms with van der Waals surface area (Å²) in [6.45, 7) is 2.31. The highest BCUT2D eigenvalue weighted by Crippen LogP contribution is 2.35. The fraction of sp³-hybridized carbons (Fsp3) is 0.600. The van der Waals surface area contributed by atoms with Gasteiger partial charge in [-0.15, -0.1) is 0 Å². The lowest BCUT2D eigenvalue weighted by molar-refractivity contribution is -0.0828. The van der Waals surface area contributed by atoms with Crippen molar-refractivity contribution in [2.75, 3.05) is 32.2 Å². The third kappa shape index (κ3) is 2.87. The molecule has 0 aromatic heterocycles. The second-order valence-electron chi connectivity index (χ2n) is 5.52. The number of nitrogens with one attached hydrogen (secondary N) is 1. The van der Waals surface area contributed by atoms with E-state index in [4.69, 9.17) is 25.8 Å². The maximum atomic E-state index is 6.05. The summed E-state index contributed by atoms with van der Waals surface area (Å²) >= 11 is 6.05. The summed E-state index contributed by atoms with van der Waals surface area (Å²) < 4.78 is 16.7. The van der Waals surface area contributed by atoms with Crippen LogP contribution in [0.1, 0.15) is 19.3 Å². The highest BCUT2D eigenvalue weighted by Gasteiger charge is 2.40. The quantitative estimate of drug-likeness (QED) is 0.930. The van der Waals surface area contributed by atoms with Crippen LogP contribution in [-0.4, -0.2) is 38.6 Å². The van der Waals surface area contributed by atoms with Crippen LogP contribution in [0.2, 0.25) is 5.02 Å². The van der Waals surface area contributed by atoms with Crippen LogP contribution in [0.25, 0.3) is 0 Å². The Morgan fingerprint density at radius 2 is 2.30 bits per heavy atom. The minimum Gasteiger partial charge on any atom is -0.495 e. The average Bonchev–Trinajstić information content (AvgIpc) is 2.89. The molecule has 3 rings (SSSR count). The van der Waals surface area contributed by atoms with Gasteiger partial charge in [0.25, 0.3) is 0 Å². The second kappa shape index (κ2) is 5.80. The molecule has 1 N–H and O–H groups in total. The normalized spacial score (nSPS) is 29.6. The molecule has 20 heavy (non-hydrogen) atoms. The van der Waals surface area contributed by atoms with Crippen molar-refractivity contribution < 1.29 is 14.2 Å². The molecule has 4 nitrogen and oxygen atoms in total. The van der Waals surface area contributed by atoms with Crippen molar-refractivity contribution in [2.45, 2.75) is 30.9 Å². The molecule has 0 bridgehead atoms. The molecule has 2 atom stereocenters. The molecule has 0 saturated carbocycles. The second-order valence-corrected chi connectivity index (χ2v) is 5.92. The predicted octanol–water partition coefficient (Wildman–Crippen LogP) is 3.10. The SMILES string of the molecule is COc1cc(NC2CCOC3(CCOC3)C2)ccc1Cl. The maximum Gasteiger partial charge on any atom is 0.139 e. The Bertz CT molecular complexity index is 474. The average molecular weight is 298 g/mol. The first-order valence-electron chi connectivity index (χ1n) is 7.03. The molecule has 1 aromatic rings. The molecule has 2 aliphatic rings. The fourth-order valence-electron chi connectivity index (χ4n) is 3.00. The molecule has 110 valence electrons. The number of halogens is 1. The molecule has 0 radical (unpaired) electrons. The van der Waals surface area contributed by atoms with Crippen LogP contribution in [0, 0.1) is 0 Å². The van der Waals surface area contributed by atoms with Gasteiger partial charge in [-0.05, 0) is 25.0 Å². The number of ether oxygens (including phenoxy) is 3. The van der Waals surface area contributed by atoms with Gasteiger partial charge < -0.3 is 19.5 Å². The molecular weight excluding hydrogens is 278 g/mol. The van der Waals surface area contributed by atoms with Gasteiger partial charge in [-0.3, -0.25) is 0 Å². The maximum absolute atomic E-state index is 6.05. The summed E-state index contributed by atoms with van der Waals surface area (Å²) in [6.07, 6.45) is 2.99. The van der Waals surface area contributed by atoms with E-state index >= 15 is 0 Å². The standard InChI is InChI=1S/C15H20ClNO3/c1-18-14-8-11(2-3-13(14)16)17-12-4-6-20-15(9-12)5-7-19-10-15/h2-3,8,12,17H,4-7,9-10H2,1H3. The van der Waals surface area contributed by atoms with Crippen LogP contribution in [0.3, 0.4) is 0 Å². The molecular formula is C15H20ClNO3. The van der Waals surface area contributed by atoms with Gasteiger partial charge in [0.15, 0.2) is 0 Å². The van der Waals surface area contributed by atoms with Gasteiger partial charge in [0.2, 0.25) is 0 Å². The topological polar surface area (TPSA) is 39.7 Å². The van der Waals surface area contributed by atoms with Gasteiger partial charge in [0, 0.05) is 37.4 Å². The van der Waals surface area contributed by atoms with Gasteiger partial charge in [-0.25, -0.2) is 0 Å². The first-order valence-corrected chi connectivity index (χ1v) is 7.40. The van der Waals surface area contributed by atoms with Gasteiger partial charge in [0.1, 0.15) is 5.75 Å². The number of benzene rings is 1. The van der Waals surface area contributed by atoms with E-state index in [0.717, 1.165) is 44.8 Å². The van der Waals surface area contributed by atoms with Gasteiger partial charge in [0.05, 0.1) is 24.3 Å². The van der Waals surface area contributed by atoms with E-state index in [2.05, 4.69) is 5.32 Å². The number of methoxy groups -OCH3 is 1. The summed E-state index contributed by atoms with van der Waals surface area (Å²) in [7, 11) is 1.63. The van der Waals surface area contributed by atoms with Crippen LogP contribution in [-0.2, 0) is 9.47 Å². The Kier molecular flexibility index (Phi) is 4.06. The van der Waals surface area contributed by atoms with Crippen LogP contribution < -0.4 is 10.1 Å². The van der Waals surface area contributed by atoms with Crippen molar-refractivity contribution in [3.05, 3.63) is 23.2 Å². The van der Waals surface area contributed by atoms with Gasteiger partial charge in [-0.1, -0.05) is 11.6 Å². The van der Waals surface area contributed by atoms with Crippen molar-refractivity contribution >= 4 is 17.3 Å². The number of hydrogen-bond acceptors (Lipinski definition) is 4. The number of anilines is 1. The summed E-state index contributed by atoms with van der Waals surface area (Å²) in [5.74, 6) is 0.697. The van der Waals surface area contributed by atoms with Crippen LogP contribution in [0.4, 0.5) is 5.69 Å². The minimum absolute atomic E-state index is 0.0770. The van der Waals surface area contributed by atoms with E-state index in [1.165, 1.54) is 0 Å². The van der Waals surface area contributed by atoms with E-state index in [1.54, 1.807) is 7.11 Å². The molecule has 0 amide bonds. The monoisotopic (exact) mass is 297 g/mol. The number of hydrogen-bond donors (Lipinski definition) is 1. The Labute approximate surface area is 124 Å². The third-order valence-corrected chi connectivity index (χ3v) is 4.39. The Balaban J connectivity index is 1.68. The van der Waals surface area contributed by atoms with Crippen molar-refractivity contribution in [2.24, 2.45) is 0 Å². The highest BCUT2D eigenvalue weighted by atomic mass is 35.5. The van der Waals surface area contributed by atoms with Crippen molar-refractivity contribution in [3.63, 3.8) is 0 Å². The molecule has 1 spiro atoms. The lowest BCUT2D eigenvalue weighted by Crippen LogP contribution is -2.44. The Morgan fingerprint density at radius 3 is 3.05 bits per heavy atom. The first-order chi connectivity index (χ1) is 9.71. The lowest BCUT2D eigenvalue weighted by Gasteiger charge is -2.37. The third-order valence-electron chi connectivity index (χ3n) is 4.08. The summed E-state index contributed by atoms with van der Waals surface area (Å²) in [5, 5.41) is 4.19. The van der Waals surface area contributed by atoms with E-state index in [-0.39, 0.29) is 5.60 Å². The van der Waals surface area contributed by atoms with Crippen molar-refractivity contribution in [1.29, 1.82) is 0 Å². The van der Waals surface area contributed by atoms with Crippen LogP contribution in [0.5, 0.6) is 5.75 Å². The number of rotatable bonds is 3. The Hall–Kier alpha value is -0.970. The van der Waals surface area contributed by atoms with Crippen LogP contribution >= 0.6 is 11.6 Å². The lowest BCUT2D eigenvalue weighted by atomic mass is 9.89. The van der Waals surface area contributed by atoms with E-state index in [9.17, 15) is 0 Å². The summed E-state index contributed by atoms with van der Waals surface area (Å²) in [5.41, 5.74) is 0.958. The van der Waals surface area contributed by atoms with E-state index in [1.807, 2.05) is 18.2 Å². The van der Waals surface area contributed by atoms with Gasteiger partial charge in [-0.2, -0.15) is 0 Å². The zero-order valence-electron chi connectivity index (χ0n) is 11.7. The van der Waals surface area contributed by atoms with Crippen molar-refractivity contribution in [3.8, 4) is 5.75 Å². The molecule has 5 heteroatoms. The van der Waals surface area contributed by atoms with Gasteiger partial charge >= 0.3 is 0 Å². The zero-order valence-corrected chi connectivity index (χ0v) is 12.4. The summed E-state index contributed by atoms with van der Waals surface area (Å²) in [4.78, 5) is 0. The highest BCUT2D eigenvalue weighted by molar-refractivity contribution is 6.32. The zero-order chi connectivity index (χ0) is 14.0. The molecule has 1 aromatic carbocycles.